The van der Waals surface area contributed by atoms with Gasteiger partial charge in [-0.2, -0.15) is 0 Å². The molecule has 1 saturated carbocycles. The van der Waals surface area contributed by atoms with E-state index in [1.54, 1.807) is 32.0 Å². The Hall–Kier alpha value is -2.57. The largest absolute Gasteiger partial charge is 0.482 e. The Balaban J connectivity index is 1.74. The van der Waals surface area contributed by atoms with Gasteiger partial charge < -0.3 is 20.5 Å². The molecule has 0 spiro atoms. The quantitative estimate of drug-likeness (QED) is 0.781. The van der Waals surface area contributed by atoms with Gasteiger partial charge in [0.25, 0.3) is 5.91 Å². The second-order valence-corrected chi connectivity index (χ2v) is 6.15. The zero-order valence-corrected chi connectivity index (χ0v) is 12.2. The van der Waals surface area contributed by atoms with E-state index in [-0.39, 0.29) is 18.4 Å². The van der Waals surface area contributed by atoms with E-state index in [2.05, 4.69) is 10.6 Å². The fourth-order valence-electron chi connectivity index (χ4n) is 2.97. The molecule has 7 nitrogen and oxygen atoms in total. The fraction of sp³-hybridized carbons (Fsp3) is 0.400. The van der Waals surface area contributed by atoms with Crippen LogP contribution in [0.15, 0.2) is 18.2 Å². The van der Waals surface area contributed by atoms with Crippen molar-refractivity contribution < 1.29 is 24.2 Å². The van der Waals surface area contributed by atoms with Crippen LogP contribution in [0.3, 0.4) is 0 Å². The van der Waals surface area contributed by atoms with Crippen molar-refractivity contribution in [2.45, 2.75) is 13.8 Å². The first kappa shape index (κ1) is 14.4. The van der Waals surface area contributed by atoms with Crippen LogP contribution in [0.4, 0.5) is 11.4 Å². The Bertz CT molecular complexity index is 683. The van der Waals surface area contributed by atoms with E-state index in [4.69, 9.17) is 9.84 Å². The lowest BCUT2D eigenvalue weighted by molar-refractivity contribution is -0.140. The highest BCUT2D eigenvalue weighted by molar-refractivity contribution is 6.01. The number of amides is 2. The molecule has 1 heterocycles. The summed E-state index contributed by atoms with van der Waals surface area (Å²) in [5.41, 5.74) is 0.418. The van der Waals surface area contributed by atoms with Crippen LogP contribution in [-0.2, 0) is 14.4 Å². The van der Waals surface area contributed by atoms with Gasteiger partial charge in [0.2, 0.25) is 5.91 Å². The van der Waals surface area contributed by atoms with E-state index >= 15 is 0 Å². The summed E-state index contributed by atoms with van der Waals surface area (Å²) in [6.45, 7) is 3.49. The summed E-state index contributed by atoms with van der Waals surface area (Å²) in [7, 11) is 0. The van der Waals surface area contributed by atoms with Crippen molar-refractivity contribution in [2.24, 2.45) is 17.3 Å². The number of fused-ring (bicyclic) bond motifs is 1. The van der Waals surface area contributed by atoms with Gasteiger partial charge in [-0.1, -0.05) is 13.8 Å². The van der Waals surface area contributed by atoms with E-state index in [0.717, 1.165) is 0 Å². The Kier molecular flexibility index (Phi) is 3.09. The molecular weight excluding hydrogens is 288 g/mol. The van der Waals surface area contributed by atoms with Crippen molar-refractivity contribution in [1.29, 1.82) is 0 Å². The summed E-state index contributed by atoms with van der Waals surface area (Å²) in [6, 6.07) is 4.89. The molecule has 0 bridgehead atoms. The van der Waals surface area contributed by atoms with Crippen LogP contribution in [0, 0.1) is 17.3 Å². The third kappa shape index (κ3) is 2.28. The molecule has 0 saturated heterocycles. The van der Waals surface area contributed by atoms with Crippen molar-refractivity contribution in [1.82, 2.24) is 0 Å². The average molecular weight is 304 g/mol. The number of ether oxygens (including phenoxy) is 1. The normalized spacial score (nSPS) is 24.5. The van der Waals surface area contributed by atoms with Gasteiger partial charge in [-0.3, -0.25) is 14.4 Å². The van der Waals surface area contributed by atoms with Gasteiger partial charge in [-0.15, -0.1) is 0 Å². The molecule has 1 aliphatic carbocycles. The van der Waals surface area contributed by atoms with Crippen LogP contribution >= 0.6 is 0 Å². The number of benzene rings is 1. The summed E-state index contributed by atoms with van der Waals surface area (Å²) in [5.74, 6) is -2.25. The predicted octanol–water partition coefficient (Wildman–Crippen LogP) is 1.31. The van der Waals surface area contributed by atoms with Gasteiger partial charge >= 0.3 is 5.97 Å². The molecule has 22 heavy (non-hydrogen) atoms. The second-order valence-electron chi connectivity index (χ2n) is 6.15. The standard InChI is InChI=1S/C15H16N2O5/c1-15(2)11(12(15)14(20)21)13(19)16-7-3-4-9-8(5-7)17-10(18)6-22-9/h3-5,11-12H,6H2,1-2H3,(H,16,19)(H,17,18)(H,20,21). The van der Waals surface area contributed by atoms with Crippen molar-refractivity contribution in [3.05, 3.63) is 18.2 Å². The summed E-state index contributed by atoms with van der Waals surface area (Å²) < 4.78 is 5.23. The SMILES string of the molecule is CC1(C)C(C(=O)O)C1C(=O)Nc1ccc2c(c1)NC(=O)CO2. The topological polar surface area (TPSA) is 105 Å². The van der Waals surface area contributed by atoms with Gasteiger partial charge in [0.05, 0.1) is 17.5 Å². The minimum atomic E-state index is -0.962. The summed E-state index contributed by atoms with van der Waals surface area (Å²) in [5, 5.41) is 14.5. The number of carbonyl (C=O) groups excluding carboxylic acids is 2. The average Bonchev–Trinajstić information content (AvgIpc) is 3.01. The third-order valence-electron chi connectivity index (χ3n) is 4.26. The summed E-state index contributed by atoms with van der Waals surface area (Å²) >= 11 is 0. The molecular formula is C15H16N2O5. The molecule has 3 rings (SSSR count). The number of carboxylic acid groups (broad SMARTS) is 1. The lowest BCUT2D eigenvalue weighted by atomic mass is 10.1. The van der Waals surface area contributed by atoms with Crippen molar-refractivity contribution in [3.8, 4) is 5.75 Å². The third-order valence-corrected chi connectivity index (χ3v) is 4.26. The number of anilines is 2. The maximum Gasteiger partial charge on any atom is 0.307 e. The monoisotopic (exact) mass is 304 g/mol. The van der Waals surface area contributed by atoms with Gasteiger partial charge in [-0.05, 0) is 23.6 Å². The van der Waals surface area contributed by atoms with E-state index in [1.807, 2.05) is 0 Å². The number of hydrogen-bond acceptors (Lipinski definition) is 4. The number of nitrogens with one attached hydrogen (secondary N) is 2. The zero-order chi connectivity index (χ0) is 16.1. The van der Waals surface area contributed by atoms with Crippen LogP contribution in [0.5, 0.6) is 5.75 Å². The molecule has 3 N–H and O–H groups in total. The second kappa shape index (κ2) is 4.72. The molecule has 2 aliphatic rings. The number of aliphatic carboxylic acids is 1. The predicted molar refractivity (Wildman–Crippen MR) is 77.6 cm³/mol. The highest BCUT2D eigenvalue weighted by atomic mass is 16.5. The van der Waals surface area contributed by atoms with Gasteiger partial charge in [0.1, 0.15) is 5.75 Å². The first-order chi connectivity index (χ1) is 10.3. The molecule has 1 aliphatic heterocycles. The number of rotatable bonds is 3. The maximum absolute atomic E-state index is 12.2. The summed E-state index contributed by atoms with van der Waals surface area (Å²) in [4.78, 5) is 34.7. The van der Waals surface area contributed by atoms with Crippen LogP contribution < -0.4 is 15.4 Å². The number of carbonyl (C=O) groups is 3. The first-order valence-corrected chi connectivity index (χ1v) is 6.91. The zero-order valence-electron chi connectivity index (χ0n) is 12.2. The van der Waals surface area contributed by atoms with Gasteiger partial charge in [-0.25, -0.2) is 0 Å². The molecule has 2 unspecified atom stereocenters. The van der Waals surface area contributed by atoms with E-state index in [1.165, 1.54) is 0 Å². The van der Waals surface area contributed by atoms with Crippen LogP contribution in [0.25, 0.3) is 0 Å². The Labute approximate surface area is 126 Å². The van der Waals surface area contributed by atoms with Crippen molar-refractivity contribution >= 4 is 29.2 Å². The Morgan fingerprint density at radius 3 is 2.73 bits per heavy atom. The van der Waals surface area contributed by atoms with Crippen LogP contribution in [-0.4, -0.2) is 29.5 Å². The molecule has 116 valence electrons. The minimum absolute atomic E-state index is 0.0325. The molecule has 1 aromatic rings. The van der Waals surface area contributed by atoms with Crippen LogP contribution in [0.2, 0.25) is 0 Å². The fourth-order valence-corrected chi connectivity index (χ4v) is 2.97. The number of hydrogen-bond donors (Lipinski definition) is 3. The van der Waals surface area contributed by atoms with E-state index < -0.39 is 23.2 Å². The highest BCUT2D eigenvalue weighted by Gasteiger charge is 2.65. The lowest BCUT2D eigenvalue weighted by Crippen LogP contribution is -2.25. The summed E-state index contributed by atoms with van der Waals surface area (Å²) in [6.07, 6.45) is 0. The molecule has 2 amide bonds. The molecule has 0 aromatic heterocycles. The van der Waals surface area contributed by atoms with Gasteiger partial charge in [0.15, 0.2) is 6.61 Å². The van der Waals surface area contributed by atoms with E-state index in [0.29, 0.717) is 17.1 Å². The van der Waals surface area contributed by atoms with E-state index in [9.17, 15) is 14.4 Å². The molecule has 0 radical (unpaired) electrons. The molecule has 7 heteroatoms. The molecule has 1 fully saturated rings. The maximum atomic E-state index is 12.2. The Morgan fingerprint density at radius 2 is 2.09 bits per heavy atom. The first-order valence-electron chi connectivity index (χ1n) is 6.91. The van der Waals surface area contributed by atoms with Gasteiger partial charge in [0, 0.05) is 5.69 Å². The smallest absolute Gasteiger partial charge is 0.307 e. The Morgan fingerprint density at radius 1 is 1.36 bits per heavy atom. The highest BCUT2D eigenvalue weighted by Crippen LogP contribution is 2.58. The van der Waals surface area contributed by atoms with Crippen molar-refractivity contribution in [2.75, 3.05) is 17.2 Å². The molecule has 1 aromatic carbocycles. The van der Waals surface area contributed by atoms with Crippen LogP contribution in [0.1, 0.15) is 13.8 Å². The molecule has 2 atom stereocenters. The number of carboxylic acids is 1. The lowest BCUT2D eigenvalue weighted by Gasteiger charge is -2.18. The van der Waals surface area contributed by atoms with Crippen molar-refractivity contribution in [3.63, 3.8) is 0 Å². The minimum Gasteiger partial charge on any atom is -0.482 e.